The number of H-pyrrole nitrogens is 1. The second kappa shape index (κ2) is 7.36. The molecule has 2 N–H and O–H groups in total. The van der Waals surface area contributed by atoms with Crippen LogP contribution in [0.15, 0.2) is 36.7 Å². The molecule has 3 aromatic rings. The van der Waals surface area contributed by atoms with Gasteiger partial charge >= 0.3 is 0 Å². The maximum atomic E-state index is 11.3. The molecule has 1 saturated heterocycles. The summed E-state index contributed by atoms with van der Waals surface area (Å²) in [6.07, 6.45) is 6.31. The molecule has 146 valence electrons. The van der Waals surface area contributed by atoms with Crippen LogP contribution in [0.3, 0.4) is 0 Å². The van der Waals surface area contributed by atoms with Crippen LogP contribution in [0.5, 0.6) is 0 Å². The SMILES string of the molecule is CC(C)(C=O)Cc1c[nH]c2ncc(-c3cccc(N4CC[C@H](CO)C4)c3)nc12. The van der Waals surface area contributed by atoms with Crippen molar-refractivity contribution in [1.82, 2.24) is 15.0 Å². The van der Waals surface area contributed by atoms with Crippen molar-refractivity contribution in [2.75, 3.05) is 24.6 Å². The number of carbonyl (C=O) groups excluding carboxylic acids is 1. The molecule has 0 unspecified atom stereocenters. The largest absolute Gasteiger partial charge is 0.396 e. The van der Waals surface area contributed by atoms with Gasteiger partial charge in [0, 0.05) is 48.5 Å². The minimum absolute atomic E-state index is 0.242. The summed E-state index contributed by atoms with van der Waals surface area (Å²) in [4.78, 5) is 26.2. The minimum Gasteiger partial charge on any atom is -0.396 e. The number of aromatic nitrogens is 3. The van der Waals surface area contributed by atoms with Crippen LogP contribution in [0.25, 0.3) is 22.4 Å². The molecule has 0 bridgehead atoms. The number of fused-ring (bicyclic) bond motifs is 1. The summed E-state index contributed by atoms with van der Waals surface area (Å²) in [5.41, 5.74) is 5.10. The van der Waals surface area contributed by atoms with E-state index in [1.807, 2.05) is 32.2 Å². The van der Waals surface area contributed by atoms with Crippen LogP contribution >= 0.6 is 0 Å². The van der Waals surface area contributed by atoms with Crippen molar-refractivity contribution < 1.29 is 9.90 Å². The average Bonchev–Trinajstić information content (AvgIpc) is 3.35. The number of aliphatic hydroxyl groups is 1. The van der Waals surface area contributed by atoms with E-state index in [2.05, 4.69) is 27.0 Å². The molecule has 0 aliphatic carbocycles. The van der Waals surface area contributed by atoms with Gasteiger partial charge in [0.05, 0.1) is 11.9 Å². The molecule has 0 saturated carbocycles. The summed E-state index contributed by atoms with van der Waals surface area (Å²) in [5.74, 6) is 0.350. The van der Waals surface area contributed by atoms with E-state index in [1.54, 1.807) is 6.20 Å². The van der Waals surface area contributed by atoms with Crippen LogP contribution in [-0.4, -0.2) is 46.0 Å². The highest BCUT2D eigenvalue weighted by Crippen LogP contribution is 2.29. The van der Waals surface area contributed by atoms with E-state index >= 15 is 0 Å². The van der Waals surface area contributed by atoms with Crippen molar-refractivity contribution in [3.63, 3.8) is 0 Å². The standard InChI is InChI=1S/C22H26N4O2/c1-22(2,14-28)9-17-10-23-21-20(17)25-19(11-24-21)16-4-3-5-18(8-16)26-7-6-15(12-26)13-27/h3-5,8,10-11,14-15,27H,6-7,9,12-13H2,1-2H3,(H,23,24)/t15-/m0/s1. The second-order valence-electron chi connectivity index (χ2n) is 8.38. The fraction of sp³-hybridized carbons (Fsp3) is 0.409. The molecule has 0 radical (unpaired) electrons. The van der Waals surface area contributed by atoms with Crippen LogP contribution in [0, 0.1) is 11.3 Å². The Balaban J connectivity index is 1.66. The summed E-state index contributed by atoms with van der Waals surface area (Å²) in [5, 5.41) is 9.40. The highest BCUT2D eigenvalue weighted by Gasteiger charge is 2.23. The number of aromatic amines is 1. The maximum absolute atomic E-state index is 11.3. The van der Waals surface area contributed by atoms with Crippen molar-refractivity contribution >= 4 is 23.1 Å². The lowest BCUT2D eigenvalue weighted by Crippen LogP contribution is -2.20. The molecule has 2 aromatic heterocycles. The zero-order valence-corrected chi connectivity index (χ0v) is 16.4. The lowest BCUT2D eigenvalue weighted by molar-refractivity contribution is -0.114. The Morgan fingerprint density at radius 1 is 1.39 bits per heavy atom. The zero-order valence-electron chi connectivity index (χ0n) is 16.4. The fourth-order valence-corrected chi connectivity index (χ4v) is 3.83. The minimum atomic E-state index is -0.439. The fourth-order valence-electron chi connectivity index (χ4n) is 3.83. The Hall–Kier alpha value is -2.73. The van der Waals surface area contributed by atoms with Crippen LogP contribution in [-0.2, 0) is 11.2 Å². The number of anilines is 1. The van der Waals surface area contributed by atoms with Gasteiger partial charge in [-0.3, -0.25) is 0 Å². The first-order valence-corrected chi connectivity index (χ1v) is 9.74. The third kappa shape index (κ3) is 3.64. The average molecular weight is 378 g/mol. The number of carbonyl (C=O) groups is 1. The highest BCUT2D eigenvalue weighted by atomic mass is 16.3. The molecule has 0 spiro atoms. The van der Waals surface area contributed by atoms with Crippen molar-refractivity contribution in [2.45, 2.75) is 26.7 Å². The summed E-state index contributed by atoms with van der Waals surface area (Å²) >= 11 is 0. The summed E-state index contributed by atoms with van der Waals surface area (Å²) in [6.45, 7) is 5.94. The Morgan fingerprint density at radius 3 is 3.00 bits per heavy atom. The zero-order chi connectivity index (χ0) is 19.7. The van der Waals surface area contributed by atoms with E-state index in [1.165, 1.54) is 0 Å². The third-order valence-electron chi connectivity index (χ3n) is 5.48. The molecule has 1 fully saturated rings. The first kappa shape index (κ1) is 18.6. The summed E-state index contributed by atoms with van der Waals surface area (Å²) in [6, 6.07) is 8.32. The normalized spacial score (nSPS) is 17.4. The molecular weight excluding hydrogens is 352 g/mol. The van der Waals surface area contributed by atoms with E-state index in [0.717, 1.165) is 59.5 Å². The molecule has 28 heavy (non-hydrogen) atoms. The topological polar surface area (TPSA) is 82.1 Å². The molecule has 1 atom stereocenters. The number of aliphatic hydroxyl groups excluding tert-OH is 1. The molecule has 0 amide bonds. The smallest absolute Gasteiger partial charge is 0.156 e. The van der Waals surface area contributed by atoms with Gasteiger partial charge in [0.2, 0.25) is 0 Å². The maximum Gasteiger partial charge on any atom is 0.156 e. The van der Waals surface area contributed by atoms with Gasteiger partial charge in [0.15, 0.2) is 5.65 Å². The summed E-state index contributed by atoms with van der Waals surface area (Å²) < 4.78 is 0. The van der Waals surface area contributed by atoms with Crippen molar-refractivity contribution in [3.8, 4) is 11.3 Å². The quantitative estimate of drug-likeness (QED) is 0.644. The Morgan fingerprint density at radius 2 is 2.25 bits per heavy atom. The van der Waals surface area contributed by atoms with E-state index in [0.29, 0.717) is 12.3 Å². The number of nitrogens with zero attached hydrogens (tertiary/aromatic N) is 3. The van der Waals surface area contributed by atoms with Gasteiger partial charge in [-0.25, -0.2) is 9.97 Å². The van der Waals surface area contributed by atoms with Crippen molar-refractivity contribution in [3.05, 3.63) is 42.2 Å². The molecule has 1 aliphatic heterocycles. The molecule has 4 rings (SSSR count). The monoisotopic (exact) mass is 378 g/mol. The number of rotatable bonds is 6. The van der Waals surface area contributed by atoms with Crippen LogP contribution in [0.2, 0.25) is 0 Å². The molecule has 1 aromatic carbocycles. The number of hydrogen-bond acceptors (Lipinski definition) is 5. The Bertz CT molecular complexity index is 995. The van der Waals surface area contributed by atoms with E-state index < -0.39 is 5.41 Å². The van der Waals surface area contributed by atoms with E-state index in [4.69, 9.17) is 4.98 Å². The van der Waals surface area contributed by atoms with Gasteiger partial charge in [0.25, 0.3) is 0 Å². The number of nitrogens with one attached hydrogen (secondary N) is 1. The predicted molar refractivity (Wildman–Crippen MR) is 110 cm³/mol. The number of aldehydes is 1. The van der Waals surface area contributed by atoms with Gasteiger partial charge in [-0.1, -0.05) is 26.0 Å². The second-order valence-corrected chi connectivity index (χ2v) is 8.38. The van der Waals surface area contributed by atoms with Gasteiger partial charge in [-0.15, -0.1) is 0 Å². The third-order valence-corrected chi connectivity index (χ3v) is 5.48. The van der Waals surface area contributed by atoms with Gasteiger partial charge in [-0.2, -0.15) is 0 Å². The first-order valence-electron chi connectivity index (χ1n) is 9.74. The lowest BCUT2D eigenvalue weighted by Gasteiger charge is -2.19. The van der Waals surface area contributed by atoms with Crippen LogP contribution in [0.4, 0.5) is 5.69 Å². The molecule has 1 aliphatic rings. The van der Waals surface area contributed by atoms with E-state index in [9.17, 15) is 9.90 Å². The van der Waals surface area contributed by atoms with Gasteiger partial charge in [-0.05, 0) is 30.5 Å². The molecule has 6 heteroatoms. The van der Waals surface area contributed by atoms with Crippen molar-refractivity contribution in [1.29, 1.82) is 0 Å². The summed E-state index contributed by atoms with van der Waals surface area (Å²) in [7, 11) is 0. The van der Waals surface area contributed by atoms with Gasteiger partial charge < -0.3 is 19.8 Å². The molecular formula is C22H26N4O2. The van der Waals surface area contributed by atoms with Crippen LogP contribution in [0.1, 0.15) is 25.8 Å². The lowest BCUT2D eigenvalue weighted by atomic mass is 9.88. The Kier molecular flexibility index (Phi) is 4.89. The molecule has 6 nitrogen and oxygen atoms in total. The number of benzene rings is 1. The Labute approximate surface area is 164 Å². The van der Waals surface area contributed by atoms with Gasteiger partial charge in [0.1, 0.15) is 11.8 Å². The van der Waals surface area contributed by atoms with E-state index in [-0.39, 0.29) is 6.61 Å². The molecule has 3 heterocycles. The predicted octanol–water partition coefficient (Wildman–Crippen LogP) is 3.21. The van der Waals surface area contributed by atoms with Crippen molar-refractivity contribution in [2.24, 2.45) is 11.3 Å². The number of hydrogen-bond donors (Lipinski definition) is 2. The first-order chi connectivity index (χ1) is 13.5. The highest BCUT2D eigenvalue weighted by molar-refractivity contribution is 5.79. The van der Waals surface area contributed by atoms with Crippen LogP contribution < -0.4 is 4.90 Å².